The van der Waals surface area contributed by atoms with E-state index in [4.69, 9.17) is 14.2 Å². The number of aliphatic hydroxyl groups is 4. The third-order valence-electron chi connectivity index (χ3n) is 5.59. The molecule has 0 unspecified atom stereocenters. The molecule has 5 N–H and O–H groups in total. The van der Waals surface area contributed by atoms with Gasteiger partial charge < -0.3 is 40.0 Å². The molecule has 9 nitrogen and oxygen atoms in total. The highest BCUT2D eigenvalue weighted by atomic mass is 79.9. The summed E-state index contributed by atoms with van der Waals surface area (Å²) in [4.78, 5) is 13.3. The minimum atomic E-state index is -1.62. The van der Waals surface area contributed by atoms with E-state index in [0.717, 1.165) is 15.2 Å². The number of anilines is 1. The molecule has 1 aliphatic rings. The number of halogens is 1. The van der Waals surface area contributed by atoms with Gasteiger partial charge in [0, 0.05) is 4.47 Å². The topological polar surface area (TPSA) is 138 Å². The van der Waals surface area contributed by atoms with Crippen LogP contribution in [0.2, 0.25) is 0 Å². The average Bonchev–Trinajstić information content (AvgIpc) is 2.84. The second-order valence-corrected chi connectivity index (χ2v) is 8.73. The first kappa shape index (κ1) is 24.4. The maximum atomic E-state index is 13.3. The third-order valence-corrected chi connectivity index (χ3v) is 6.09. The predicted molar refractivity (Wildman–Crippen MR) is 127 cm³/mol. The van der Waals surface area contributed by atoms with Crippen molar-refractivity contribution >= 4 is 38.3 Å². The molecular formula is C24H24BrNO8. The minimum absolute atomic E-state index is 0.0755. The molecule has 1 amide bonds. The molecule has 180 valence electrons. The van der Waals surface area contributed by atoms with Crippen molar-refractivity contribution in [1.82, 2.24) is 0 Å². The molecule has 1 fully saturated rings. The fraction of sp³-hybridized carbons (Fsp3) is 0.292. The van der Waals surface area contributed by atoms with Crippen LogP contribution in [0.25, 0.3) is 10.8 Å². The van der Waals surface area contributed by atoms with Crippen LogP contribution in [0.1, 0.15) is 10.4 Å². The van der Waals surface area contributed by atoms with Gasteiger partial charge in [0.2, 0.25) is 6.29 Å². The molecule has 34 heavy (non-hydrogen) atoms. The number of benzene rings is 3. The second kappa shape index (κ2) is 10.3. The molecule has 10 heteroatoms. The van der Waals surface area contributed by atoms with Gasteiger partial charge in [-0.05, 0) is 47.2 Å². The smallest absolute Gasteiger partial charge is 0.259 e. The Morgan fingerprint density at radius 2 is 1.76 bits per heavy atom. The lowest BCUT2D eigenvalue weighted by atomic mass is 9.99. The lowest BCUT2D eigenvalue weighted by Crippen LogP contribution is -2.60. The summed E-state index contributed by atoms with van der Waals surface area (Å²) in [6.45, 7) is -0.600. The monoisotopic (exact) mass is 533 g/mol. The van der Waals surface area contributed by atoms with E-state index in [0.29, 0.717) is 11.4 Å². The highest BCUT2D eigenvalue weighted by Gasteiger charge is 2.45. The first-order chi connectivity index (χ1) is 16.3. The van der Waals surface area contributed by atoms with Gasteiger partial charge in [0.15, 0.2) is 0 Å². The Balaban J connectivity index is 1.72. The molecule has 3 aromatic carbocycles. The quantitative estimate of drug-likeness (QED) is 0.324. The van der Waals surface area contributed by atoms with Crippen LogP contribution in [0.15, 0.2) is 59.1 Å². The van der Waals surface area contributed by atoms with Crippen molar-refractivity contribution in [2.75, 3.05) is 19.0 Å². The summed E-state index contributed by atoms with van der Waals surface area (Å²) >= 11 is 3.42. The van der Waals surface area contributed by atoms with Gasteiger partial charge in [-0.15, -0.1) is 0 Å². The Morgan fingerprint density at radius 1 is 1.00 bits per heavy atom. The van der Waals surface area contributed by atoms with Gasteiger partial charge >= 0.3 is 0 Å². The van der Waals surface area contributed by atoms with Crippen LogP contribution < -0.4 is 14.8 Å². The van der Waals surface area contributed by atoms with E-state index in [9.17, 15) is 25.2 Å². The molecule has 0 saturated carbocycles. The van der Waals surface area contributed by atoms with Crippen molar-refractivity contribution in [1.29, 1.82) is 0 Å². The molecular weight excluding hydrogens is 510 g/mol. The van der Waals surface area contributed by atoms with Gasteiger partial charge in [-0.2, -0.15) is 0 Å². The van der Waals surface area contributed by atoms with Gasteiger partial charge in [-0.3, -0.25) is 4.79 Å². The van der Waals surface area contributed by atoms with Crippen molar-refractivity contribution in [2.45, 2.75) is 30.7 Å². The summed E-state index contributed by atoms with van der Waals surface area (Å²) in [7, 11) is 1.49. The molecule has 0 spiro atoms. The second-order valence-electron chi connectivity index (χ2n) is 7.81. The fourth-order valence-electron chi connectivity index (χ4n) is 3.75. The zero-order valence-corrected chi connectivity index (χ0v) is 19.7. The number of fused-ring (bicyclic) bond motifs is 1. The summed E-state index contributed by atoms with van der Waals surface area (Å²) < 4.78 is 17.4. The van der Waals surface area contributed by atoms with Crippen LogP contribution in [-0.2, 0) is 4.74 Å². The van der Waals surface area contributed by atoms with Crippen LogP contribution in [0.5, 0.6) is 11.5 Å². The number of hydrogen-bond donors (Lipinski definition) is 5. The molecule has 0 aliphatic carbocycles. The lowest BCUT2D eigenvalue weighted by Gasteiger charge is -2.39. The van der Waals surface area contributed by atoms with Crippen LogP contribution >= 0.6 is 15.9 Å². The van der Waals surface area contributed by atoms with Crippen molar-refractivity contribution in [3.8, 4) is 11.5 Å². The average molecular weight is 534 g/mol. The van der Waals surface area contributed by atoms with E-state index in [1.165, 1.54) is 7.11 Å². The largest absolute Gasteiger partial charge is 0.495 e. The van der Waals surface area contributed by atoms with E-state index < -0.39 is 43.2 Å². The zero-order valence-electron chi connectivity index (χ0n) is 18.1. The molecule has 1 saturated heterocycles. The predicted octanol–water partition coefficient (Wildman–Crippen LogP) is 2.04. The summed E-state index contributed by atoms with van der Waals surface area (Å²) in [5, 5.41) is 44.3. The molecule has 0 radical (unpaired) electrons. The summed E-state index contributed by atoms with van der Waals surface area (Å²) in [6, 6.07) is 15.6. The van der Waals surface area contributed by atoms with Gasteiger partial charge in [0.25, 0.3) is 5.91 Å². The third kappa shape index (κ3) is 4.88. The maximum Gasteiger partial charge on any atom is 0.259 e. The van der Waals surface area contributed by atoms with Crippen LogP contribution in [0, 0.1) is 0 Å². The van der Waals surface area contributed by atoms with Crippen molar-refractivity contribution in [3.05, 3.63) is 64.6 Å². The molecule has 4 rings (SSSR count). The Bertz CT molecular complexity index is 1190. The highest BCUT2D eigenvalue weighted by Crippen LogP contribution is 2.33. The number of para-hydroxylation sites is 2. The lowest BCUT2D eigenvalue weighted by molar-refractivity contribution is -0.277. The standard InChI is InChI=1S/C24H24BrNO8/c1-32-17-5-3-2-4-16(17)26-23(31)15-9-13-8-14(25)7-6-12(13)10-18(15)33-24-22(30)21(29)20(28)19(11-27)34-24/h2-10,19-22,24,27-30H,11H2,1H3,(H,26,31)/t19-,20+,21-,22-,24-/m1/s1. The number of carbonyl (C=O) groups excluding carboxylic acids is 1. The number of amides is 1. The number of methoxy groups -OCH3 is 1. The number of rotatable bonds is 6. The molecule has 0 aromatic heterocycles. The SMILES string of the molecule is COc1ccccc1NC(=O)c1cc2cc(Br)ccc2cc1O[C@@H]1O[C@H](CO)[C@H](O)[C@@H](O)[C@H]1O. The number of ether oxygens (including phenoxy) is 3. The van der Waals surface area contributed by atoms with Gasteiger partial charge in [-0.25, -0.2) is 0 Å². The van der Waals surface area contributed by atoms with Crippen molar-refractivity contribution in [2.24, 2.45) is 0 Å². The van der Waals surface area contributed by atoms with Crippen LogP contribution in [0.4, 0.5) is 5.69 Å². The van der Waals surface area contributed by atoms with Crippen LogP contribution in [0.3, 0.4) is 0 Å². The molecule has 3 aromatic rings. The summed E-state index contributed by atoms with van der Waals surface area (Å²) in [5.41, 5.74) is 0.580. The number of hydrogen-bond acceptors (Lipinski definition) is 8. The number of nitrogens with one attached hydrogen (secondary N) is 1. The Morgan fingerprint density at radius 3 is 2.50 bits per heavy atom. The number of carbonyl (C=O) groups is 1. The van der Waals surface area contributed by atoms with Gasteiger partial charge in [-0.1, -0.05) is 34.1 Å². The van der Waals surface area contributed by atoms with E-state index in [2.05, 4.69) is 21.2 Å². The zero-order chi connectivity index (χ0) is 24.4. The molecule has 0 bridgehead atoms. The maximum absolute atomic E-state index is 13.3. The summed E-state index contributed by atoms with van der Waals surface area (Å²) in [5.74, 6) is 0.0355. The fourth-order valence-corrected chi connectivity index (χ4v) is 4.13. The Labute approximate surface area is 203 Å². The number of aliphatic hydroxyl groups excluding tert-OH is 4. The van der Waals surface area contributed by atoms with E-state index in [1.807, 2.05) is 18.2 Å². The van der Waals surface area contributed by atoms with Gasteiger partial charge in [0.05, 0.1) is 25.0 Å². The molecule has 1 aliphatic heterocycles. The normalized spacial score (nSPS) is 24.6. The Kier molecular flexibility index (Phi) is 7.36. The first-order valence-electron chi connectivity index (χ1n) is 10.5. The van der Waals surface area contributed by atoms with Crippen molar-refractivity contribution < 1.29 is 39.4 Å². The van der Waals surface area contributed by atoms with E-state index >= 15 is 0 Å². The highest BCUT2D eigenvalue weighted by molar-refractivity contribution is 9.10. The molecule has 5 atom stereocenters. The summed E-state index contributed by atoms with van der Waals surface area (Å²) in [6.07, 6.45) is -7.35. The van der Waals surface area contributed by atoms with Crippen molar-refractivity contribution in [3.63, 3.8) is 0 Å². The minimum Gasteiger partial charge on any atom is -0.495 e. The Hall–Kier alpha value is -2.73. The molecule has 1 heterocycles. The van der Waals surface area contributed by atoms with Gasteiger partial charge in [0.1, 0.15) is 35.9 Å². The van der Waals surface area contributed by atoms with E-state index in [1.54, 1.807) is 36.4 Å². The first-order valence-corrected chi connectivity index (χ1v) is 11.3. The van der Waals surface area contributed by atoms with E-state index in [-0.39, 0.29) is 11.3 Å². The van der Waals surface area contributed by atoms with Crippen LogP contribution in [-0.4, -0.2) is 70.8 Å².